The van der Waals surface area contributed by atoms with Crippen LogP contribution in [0.15, 0.2) is 24.3 Å². The van der Waals surface area contributed by atoms with Crippen molar-refractivity contribution in [1.29, 1.82) is 0 Å². The summed E-state index contributed by atoms with van der Waals surface area (Å²) in [5.41, 5.74) is 8.44. The molecule has 0 saturated heterocycles. The lowest BCUT2D eigenvalue weighted by molar-refractivity contribution is 0.306. The van der Waals surface area contributed by atoms with Gasteiger partial charge in [0.25, 0.3) is 0 Å². The summed E-state index contributed by atoms with van der Waals surface area (Å²) in [6.07, 6.45) is 0. The fourth-order valence-electron chi connectivity index (χ4n) is 1.75. The second kappa shape index (κ2) is 5.29. The Kier molecular flexibility index (Phi) is 4.30. The van der Waals surface area contributed by atoms with Crippen molar-refractivity contribution in [2.24, 2.45) is 5.73 Å². The van der Waals surface area contributed by atoms with E-state index >= 15 is 0 Å². The molecule has 0 fully saturated rings. The molecule has 1 atom stereocenters. The highest BCUT2D eigenvalue weighted by atomic mass is 15.1. The van der Waals surface area contributed by atoms with Crippen molar-refractivity contribution in [3.8, 4) is 0 Å². The summed E-state index contributed by atoms with van der Waals surface area (Å²) in [5, 5.41) is 0. The Morgan fingerprint density at radius 3 is 1.87 bits per heavy atom. The summed E-state index contributed by atoms with van der Waals surface area (Å²) in [5.74, 6) is 0.592. The van der Waals surface area contributed by atoms with Crippen LogP contribution in [-0.4, -0.2) is 25.5 Å². The topological polar surface area (TPSA) is 29.3 Å². The van der Waals surface area contributed by atoms with Gasteiger partial charge in [-0.05, 0) is 31.1 Å². The molecular formula is C13H22N2. The first-order valence-electron chi connectivity index (χ1n) is 5.52. The highest BCUT2D eigenvalue weighted by Crippen LogP contribution is 2.20. The van der Waals surface area contributed by atoms with Crippen molar-refractivity contribution in [3.63, 3.8) is 0 Å². The van der Waals surface area contributed by atoms with E-state index in [1.165, 1.54) is 11.1 Å². The highest BCUT2D eigenvalue weighted by molar-refractivity contribution is 5.27. The van der Waals surface area contributed by atoms with Gasteiger partial charge in [0.05, 0.1) is 0 Å². The number of benzene rings is 1. The number of hydrogen-bond acceptors (Lipinski definition) is 2. The van der Waals surface area contributed by atoms with E-state index in [4.69, 9.17) is 5.73 Å². The van der Waals surface area contributed by atoms with Gasteiger partial charge in [0.15, 0.2) is 0 Å². The largest absolute Gasteiger partial charge is 0.329 e. The SMILES string of the molecule is CC(C)c1ccc([C@H](CN)N(C)C)cc1. The van der Waals surface area contributed by atoms with Crippen molar-refractivity contribution in [1.82, 2.24) is 4.90 Å². The molecule has 2 nitrogen and oxygen atoms in total. The lowest BCUT2D eigenvalue weighted by Gasteiger charge is -2.23. The number of nitrogens with two attached hydrogens (primary N) is 1. The molecule has 15 heavy (non-hydrogen) atoms. The van der Waals surface area contributed by atoms with Gasteiger partial charge in [-0.3, -0.25) is 0 Å². The lowest BCUT2D eigenvalue weighted by atomic mass is 9.99. The molecule has 1 rings (SSSR count). The van der Waals surface area contributed by atoms with E-state index in [9.17, 15) is 0 Å². The van der Waals surface area contributed by atoms with Crippen molar-refractivity contribution < 1.29 is 0 Å². The monoisotopic (exact) mass is 206 g/mol. The minimum absolute atomic E-state index is 0.325. The van der Waals surface area contributed by atoms with Crippen LogP contribution in [0.4, 0.5) is 0 Å². The molecular weight excluding hydrogens is 184 g/mol. The first-order chi connectivity index (χ1) is 7.06. The molecule has 0 saturated carbocycles. The Morgan fingerprint density at radius 2 is 1.53 bits per heavy atom. The molecule has 2 heteroatoms. The fourth-order valence-corrected chi connectivity index (χ4v) is 1.75. The Bertz CT molecular complexity index is 288. The van der Waals surface area contributed by atoms with Crippen molar-refractivity contribution in [2.75, 3.05) is 20.6 Å². The van der Waals surface area contributed by atoms with Gasteiger partial charge in [-0.25, -0.2) is 0 Å². The predicted octanol–water partition coefficient (Wildman–Crippen LogP) is 2.37. The minimum atomic E-state index is 0.325. The van der Waals surface area contributed by atoms with Crippen molar-refractivity contribution in [3.05, 3.63) is 35.4 Å². The van der Waals surface area contributed by atoms with Crippen LogP contribution in [-0.2, 0) is 0 Å². The van der Waals surface area contributed by atoms with E-state index in [1.807, 2.05) is 0 Å². The standard InChI is InChI=1S/C13H22N2/c1-10(2)11-5-7-12(8-6-11)13(9-14)15(3)4/h5-8,10,13H,9,14H2,1-4H3/t13-/m0/s1. The second-order valence-corrected chi connectivity index (χ2v) is 4.54. The van der Waals surface area contributed by atoms with Crippen LogP contribution in [0.25, 0.3) is 0 Å². The Balaban J connectivity index is 2.87. The summed E-state index contributed by atoms with van der Waals surface area (Å²) < 4.78 is 0. The van der Waals surface area contributed by atoms with Crippen LogP contribution >= 0.6 is 0 Å². The van der Waals surface area contributed by atoms with E-state index in [0.29, 0.717) is 18.5 Å². The van der Waals surface area contributed by atoms with Crippen LogP contribution in [0.3, 0.4) is 0 Å². The van der Waals surface area contributed by atoms with E-state index in [2.05, 4.69) is 57.1 Å². The van der Waals surface area contributed by atoms with E-state index in [-0.39, 0.29) is 0 Å². The summed E-state index contributed by atoms with van der Waals surface area (Å²) in [6.45, 7) is 5.08. The predicted molar refractivity (Wildman–Crippen MR) is 66.0 cm³/mol. The molecule has 0 aliphatic heterocycles. The van der Waals surface area contributed by atoms with Gasteiger partial charge in [-0.2, -0.15) is 0 Å². The normalized spacial score (nSPS) is 13.5. The molecule has 0 aliphatic carbocycles. The fraction of sp³-hybridized carbons (Fsp3) is 0.538. The van der Waals surface area contributed by atoms with Crippen LogP contribution in [0.2, 0.25) is 0 Å². The van der Waals surface area contributed by atoms with Gasteiger partial charge < -0.3 is 10.6 Å². The summed E-state index contributed by atoms with van der Waals surface area (Å²) in [6, 6.07) is 9.10. The average Bonchev–Trinajstić information content (AvgIpc) is 2.19. The van der Waals surface area contributed by atoms with Gasteiger partial charge in [0.1, 0.15) is 0 Å². The maximum Gasteiger partial charge on any atom is 0.0464 e. The van der Waals surface area contributed by atoms with E-state index in [0.717, 1.165) is 0 Å². The third-order valence-electron chi connectivity index (χ3n) is 2.83. The summed E-state index contributed by atoms with van der Waals surface area (Å²) in [7, 11) is 4.13. The maximum absolute atomic E-state index is 5.76. The zero-order valence-corrected chi connectivity index (χ0v) is 10.2. The summed E-state index contributed by atoms with van der Waals surface area (Å²) in [4.78, 5) is 2.16. The first-order valence-corrected chi connectivity index (χ1v) is 5.52. The van der Waals surface area contributed by atoms with Crippen molar-refractivity contribution in [2.45, 2.75) is 25.8 Å². The maximum atomic E-state index is 5.76. The van der Waals surface area contributed by atoms with Crippen molar-refractivity contribution >= 4 is 0 Å². The van der Waals surface area contributed by atoms with E-state index < -0.39 is 0 Å². The van der Waals surface area contributed by atoms with Gasteiger partial charge >= 0.3 is 0 Å². The third kappa shape index (κ3) is 3.05. The van der Waals surface area contributed by atoms with Crippen LogP contribution < -0.4 is 5.73 Å². The molecule has 0 spiro atoms. The minimum Gasteiger partial charge on any atom is -0.329 e. The molecule has 0 unspecified atom stereocenters. The molecule has 1 aromatic carbocycles. The number of nitrogens with zero attached hydrogens (tertiary/aromatic N) is 1. The molecule has 0 aromatic heterocycles. The zero-order chi connectivity index (χ0) is 11.4. The molecule has 0 bridgehead atoms. The number of rotatable bonds is 4. The molecule has 2 N–H and O–H groups in total. The Morgan fingerprint density at radius 1 is 1.07 bits per heavy atom. The second-order valence-electron chi connectivity index (χ2n) is 4.54. The zero-order valence-electron chi connectivity index (χ0n) is 10.2. The third-order valence-corrected chi connectivity index (χ3v) is 2.83. The van der Waals surface area contributed by atoms with Gasteiger partial charge in [0, 0.05) is 12.6 Å². The first kappa shape index (κ1) is 12.2. The average molecular weight is 206 g/mol. The van der Waals surface area contributed by atoms with Gasteiger partial charge in [-0.1, -0.05) is 38.1 Å². The van der Waals surface area contributed by atoms with E-state index in [1.54, 1.807) is 0 Å². The molecule has 0 aliphatic rings. The molecule has 0 heterocycles. The Hall–Kier alpha value is -0.860. The van der Waals surface area contributed by atoms with Crippen LogP contribution in [0.1, 0.15) is 36.9 Å². The summed E-state index contributed by atoms with van der Waals surface area (Å²) >= 11 is 0. The quantitative estimate of drug-likeness (QED) is 0.819. The van der Waals surface area contributed by atoms with Gasteiger partial charge in [0.2, 0.25) is 0 Å². The molecule has 0 amide bonds. The van der Waals surface area contributed by atoms with Crippen LogP contribution in [0, 0.1) is 0 Å². The lowest BCUT2D eigenvalue weighted by Crippen LogP contribution is -2.27. The Labute approximate surface area is 93.1 Å². The molecule has 84 valence electrons. The van der Waals surface area contributed by atoms with Crippen LogP contribution in [0.5, 0.6) is 0 Å². The molecule has 0 radical (unpaired) electrons. The van der Waals surface area contributed by atoms with Gasteiger partial charge in [-0.15, -0.1) is 0 Å². The number of hydrogen-bond donors (Lipinski definition) is 1. The molecule has 1 aromatic rings. The number of likely N-dealkylation sites (N-methyl/N-ethyl adjacent to an activating group) is 1. The smallest absolute Gasteiger partial charge is 0.0464 e. The highest BCUT2D eigenvalue weighted by Gasteiger charge is 2.11.